The van der Waals surface area contributed by atoms with E-state index in [9.17, 15) is 4.80 Å². The lowest BCUT2D eigenvalue weighted by atomic mass is 10.9. The molecule has 0 aromatic rings. The van der Waals surface area contributed by atoms with Gasteiger partial charge in [-0.3, -0.25) is 0 Å². The molecule has 0 amide bonds. The van der Waals surface area contributed by atoms with Crippen LogP contribution in [-0.4, -0.2) is 271 Å². The van der Waals surface area contributed by atoms with Crippen LogP contribution in [0.15, 0.2) is 0 Å². The Balaban J connectivity index is 2.49. The van der Waals surface area contributed by atoms with Gasteiger partial charge in [-0.1, -0.05) is 0 Å². The summed E-state index contributed by atoms with van der Waals surface area (Å²) >= 11 is 13.4. The zero-order valence-electron chi connectivity index (χ0n) is 66.3. The fourth-order valence-corrected chi connectivity index (χ4v) is 91.7. The molecule has 6 bridgehead atoms. The first-order chi connectivity index (χ1) is 48.0. The third-order valence-electron chi connectivity index (χ3n) is 15.4. The van der Waals surface area contributed by atoms with Crippen molar-refractivity contribution in [3.8, 4) is 0 Å². The molecule has 7 atom stereocenters. The van der Waals surface area contributed by atoms with E-state index in [1.165, 1.54) is 7.11 Å². The van der Waals surface area contributed by atoms with Crippen molar-refractivity contribution in [3.05, 3.63) is 0 Å². The maximum atomic E-state index is 14.3. The molecule has 3 radical (unpaired) electrons. The van der Waals surface area contributed by atoms with Gasteiger partial charge in [0.05, 0.1) is 0 Å². The lowest BCUT2D eigenvalue weighted by Crippen LogP contribution is -2.88. The summed E-state index contributed by atoms with van der Waals surface area (Å²) in [5.41, 5.74) is 0. The third kappa shape index (κ3) is 30.1. The van der Waals surface area contributed by atoms with Crippen molar-refractivity contribution >= 4 is 191 Å². The predicted octanol–water partition coefficient (Wildman–Crippen LogP) is 10.6. The van der Waals surface area contributed by atoms with Gasteiger partial charge in [0.15, 0.2) is 49.9 Å². The Kier molecular flexibility index (Phi) is 40.8. The van der Waals surface area contributed by atoms with Crippen molar-refractivity contribution < 1.29 is 136 Å². The summed E-state index contributed by atoms with van der Waals surface area (Å²) in [6.07, 6.45) is 0. The first-order valence-corrected chi connectivity index (χ1v) is 77.7. The average molecular weight is 1850 g/mol. The van der Waals surface area contributed by atoms with Crippen molar-refractivity contribution in [1.29, 1.82) is 0 Å². The molecular formula is C50H127Cl2O32Si19. The van der Waals surface area contributed by atoms with E-state index in [4.69, 9.17) is 155 Å². The molecule has 4 fully saturated rings. The van der Waals surface area contributed by atoms with Crippen LogP contribution in [-0.2, 0) is 132 Å². The standard InChI is InChI=1S/C50H127Cl2O32Si19/c1-27-55-93(56-28-2,57-29-3)47-43-89(19,20)71-99-69-86(67-85-14)68-98(54-13)78-100(72-88(17,18)42-40-52)76-97(53,70-87(15,16)41-39-51)77-101(80-99,73-90(21,22)44-48-94(58-30-4,59-31-5)60-32-6)83-103(82-100,75-92(25,26)46-50-96(64-36-10,65-37-11)66-38-12)84-102(79-98,81-99)74-91(23,24)45-49-95(61-33-7,62-34-8)63-35-9/h53H,27-50H2,1-26H3. The first-order valence-electron chi connectivity index (χ1n) is 36.2. The van der Waals surface area contributed by atoms with Gasteiger partial charge in [0.1, 0.15) is 0 Å². The number of alkyl halides is 2. The second kappa shape index (κ2) is 42.5. The number of halogens is 2. The second-order valence-electron chi connectivity index (χ2n) is 27.4. The van der Waals surface area contributed by atoms with Crippen molar-refractivity contribution in [1.82, 2.24) is 0 Å². The Morgan fingerprint density at radius 1 is 0.301 bits per heavy atom. The molecule has 0 aliphatic carbocycles. The van der Waals surface area contributed by atoms with Gasteiger partial charge in [-0.2, -0.15) is 0 Å². The minimum atomic E-state index is -5.90. The summed E-state index contributed by atoms with van der Waals surface area (Å²) in [4.78, 5) is 14.3. The summed E-state index contributed by atoms with van der Waals surface area (Å²) < 4.78 is 221. The van der Waals surface area contributed by atoms with Crippen LogP contribution < -0.4 is 0 Å². The molecule has 53 heteroatoms. The van der Waals surface area contributed by atoms with Crippen molar-refractivity contribution in [2.75, 3.05) is 98.2 Å². The molecule has 4 saturated heterocycles. The van der Waals surface area contributed by atoms with E-state index < -0.39 is 158 Å². The fourth-order valence-electron chi connectivity index (χ4n) is 11.2. The highest BCUT2D eigenvalue weighted by molar-refractivity contribution is 7.01. The Hall–Kier alpha value is 3.42. The van der Waals surface area contributed by atoms with Crippen molar-refractivity contribution in [2.45, 2.75) is 229 Å². The van der Waals surface area contributed by atoms with Crippen LogP contribution in [0.5, 0.6) is 0 Å². The molecular weight excluding hydrogens is 1720 g/mol. The Morgan fingerprint density at radius 3 is 0.738 bits per heavy atom. The highest BCUT2D eigenvalue weighted by Crippen LogP contribution is 2.50. The summed E-state index contributed by atoms with van der Waals surface area (Å²) in [6, 6.07) is 2.48. The fraction of sp³-hybridized carbons (Fsp3) is 1.00. The monoisotopic (exact) mass is 1840 g/mol. The van der Waals surface area contributed by atoms with Gasteiger partial charge < -0.3 is 136 Å². The Morgan fingerprint density at radius 2 is 0.505 bits per heavy atom. The van der Waals surface area contributed by atoms with E-state index in [-0.39, 0.29) is 102 Å². The van der Waals surface area contributed by atoms with E-state index in [0.717, 1.165) is 0 Å². The van der Waals surface area contributed by atoms with E-state index in [1.54, 1.807) is 6.55 Å². The summed E-state index contributed by atoms with van der Waals surface area (Å²) in [7, 11) is -77.7. The Bertz CT molecular complexity index is 2420. The van der Waals surface area contributed by atoms with Gasteiger partial charge in [-0.15, -0.1) is 23.2 Å². The van der Waals surface area contributed by atoms with E-state index in [0.29, 0.717) is 59.5 Å². The second-order valence-corrected chi connectivity index (χ2v) is 86.2. The van der Waals surface area contributed by atoms with Crippen LogP contribution in [0.4, 0.5) is 0 Å². The number of hydrogen-bond donors (Lipinski definition) is 1. The Labute approximate surface area is 649 Å². The van der Waals surface area contributed by atoms with E-state index >= 15 is 0 Å². The molecule has 103 heavy (non-hydrogen) atoms. The maximum Gasteiger partial charge on any atom is 0.660 e. The summed E-state index contributed by atoms with van der Waals surface area (Å²) in [6.45, 7) is 50.8. The van der Waals surface area contributed by atoms with Crippen LogP contribution in [0.1, 0.15) is 83.1 Å². The number of rotatable bonds is 55. The zero-order valence-corrected chi connectivity index (χ0v) is 86.8. The normalized spacial score (nSPS) is 26.9. The number of hydrogen-bond acceptors (Lipinski definition) is 32. The van der Waals surface area contributed by atoms with Gasteiger partial charge in [0.25, 0.3) is 0 Å². The van der Waals surface area contributed by atoms with Crippen molar-refractivity contribution in [2.24, 2.45) is 0 Å². The smallest absolute Gasteiger partial charge is 0.414 e. The van der Waals surface area contributed by atoms with Gasteiger partial charge >= 0.3 is 108 Å². The minimum Gasteiger partial charge on any atom is -0.414 e. The topological polar surface area (TPSA) is 306 Å². The van der Waals surface area contributed by atoms with Crippen molar-refractivity contribution in [3.63, 3.8) is 0 Å². The van der Waals surface area contributed by atoms with Gasteiger partial charge in [0.2, 0.25) is 9.76 Å². The molecule has 32 nitrogen and oxygen atoms in total. The van der Waals surface area contributed by atoms with Gasteiger partial charge in [0, 0.05) is 122 Å². The van der Waals surface area contributed by atoms with Crippen LogP contribution >= 0.6 is 23.2 Å². The maximum absolute atomic E-state index is 14.3. The lowest BCUT2D eigenvalue weighted by Gasteiger charge is -2.57. The zero-order chi connectivity index (χ0) is 77.7. The molecule has 7 unspecified atom stereocenters. The molecule has 4 rings (SSSR count). The molecule has 609 valence electrons. The summed E-state index contributed by atoms with van der Waals surface area (Å²) in [5.74, 6) is 0.207. The highest BCUT2D eigenvalue weighted by Gasteiger charge is 2.88. The lowest BCUT2D eigenvalue weighted by molar-refractivity contribution is -0.105. The van der Waals surface area contributed by atoms with Crippen LogP contribution in [0.2, 0.25) is 146 Å². The molecule has 0 aromatic carbocycles. The third-order valence-corrected chi connectivity index (χ3v) is 82.0. The van der Waals surface area contributed by atoms with Crippen LogP contribution in [0.25, 0.3) is 0 Å². The van der Waals surface area contributed by atoms with E-state index in [1.807, 2.05) is 162 Å². The predicted molar refractivity (Wildman–Crippen MR) is 423 cm³/mol. The largest absolute Gasteiger partial charge is 0.660 e. The van der Waals surface area contributed by atoms with E-state index in [2.05, 4.69) is 0 Å². The number of fused-ring (bicyclic) bond motifs is 4. The quantitative estimate of drug-likeness (QED) is 0.0437. The molecule has 0 aromatic heterocycles. The molecule has 0 saturated carbocycles. The van der Waals surface area contributed by atoms with Gasteiger partial charge in [-0.05, 0) is 204 Å². The molecule has 0 spiro atoms. The van der Waals surface area contributed by atoms with Crippen LogP contribution in [0.3, 0.4) is 0 Å². The first kappa shape index (κ1) is 98.8. The molecule has 4 aliphatic heterocycles. The molecule has 1 N–H and O–H groups in total. The minimum absolute atomic E-state index is 0.102. The SMILES string of the molecule is CCO[Si](CC[Si](C)(C)O[Si]12O[Si](O[Si]C)O[Si]3(OC)O[Si]4(O[Si](C)(C)CCCl)O[Si](O)(O[Si](C)(C)CCCl)O[Si](O[Si](C)(C)CC[Si](OCC)(OCC)OCC)(O1)O[Si](O[Si](C)(C)CC[Si](OCC)(OCC)OCC)(O4)O[Si](O[Si](C)(C)CC[Si](OCC)(OCC)OCC)(O3)O2)(OCC)OCC. The molecule has 4 heterocycles. The molecule has 4 aliphatic rings. The summed E-state index contributed by atoms with van der Waals surface area (Å²) in [5, 5.41) is 0. The average Bonchev–Trinajstić information content (AvgIpc) is 0.695. The van der Waals surface area contributed by atoms with Gasteiger partial charge in [-0.25, -0.2) is 0 Å². The highest BCUT2D eigenvalue weighted by atomic mass is 35.5. The van der Waals surface area contributed by atoms with Crippen LogP contribution in [0, 0.1) is 0 Å².